The molecule has 2 aliphatic rings. The average molecular weight is 362 g/mol. The summed E-state index contributed by atoms with van der Waals surface area (Å²) in [6, 6.07) is 5.88. The van der Waals surface area contributed by atoms with Crippen molar-refractivity contribution in [3.8, 4) is 11.5 Å². The maximum Gasteiger partial charge on any atom is 0.338 e. The number of nitrogens with zero attached hydrogens (tertiary/aromatic N) is 1. The minimum absolute atomic E-state index is 0.289. The first kappa shape index (κ1) is 19.0. The van der Waals surface area contributed by atoms with Gasteiger partial charge in [-0.3, -0.25) is 0 Å². The fraction of sp³-hybridized carbons (Fsp3) is 0.667. The van der Waals surface area contributed by atoms with Crippen LogP contribution in [0.25, 0.3) is 0 Å². The first-order valence-corrected chi connectivity index (χ1v) is 9.81. The molecule has 0 radical (unpaired) electrons. The molecule has 5 heteroatoms. The molecule has 2 heterocycles. The summed E-state index contributed by atoms with van der Waals surface area (Å²) in [5.74, 6) is 1.54. The number of piperidine rings is 2. The van der Waals surface area contributed by atoms with Crippen LogP contribution < -0.4 is 9.47 Å². The Hall–Kier alpha value is -1.75. The number of carbonyl (C=O) groups is 1. The molecule has 0 saturated carbocycles. The Kier molecular flexibility index (Phi) is 6.07. The molecular weight excluding hydrogens is 330 g/mol. The van der Waals surface area contributed by atoms with Crippen LogP contribution in [-0.2, 0) is 4.74 Å². The second-order valence-electron chi connectivity index (χ2n) is 7.89. The number of fused-ring (bicyclic) bond motifs is 1. The van der Waals surface area contributed by atoms with E-state index in [-0.39, 0.29) is 5.97 Å². The lowest BCUT2D eigenvalue weighted by atomic mass is 9.80. The van der Waals surface area contributed by atoms with Crippen LogP contribution >= 0.6 is 0 Å². The van der Waals surface area contributed by atoms with Gasteiger partial charge in [0.15, 0.2) is 11.5 Å². The summed E-state index contributed by atoms with van der Waals surface area (Å²) in [7, 11) is 5.57. The van der Waals surface area contributed by atoms with Gasteiger partial charge in [-0.1, -0.05) is 0 Å². The molecule has 0 amide bonds. The minimum Gasteiger partial charge on any atom is -0.493 e. The Morgan fingerprint density at radius 1 is 1.08 bits per heavy atom. The average Bonchev–Trinajstić information content (AvgIpc) is 2.66. The van der Waals surface area contributed by atoms with Crippen LogP contribution in [0, 0.1) is 5.92 Å². The zero-order valence-corrected chi connectivity index (χ0v) is 16.3. The largest absolute Gasteiger partial charge is 0.493 e. The molecule has 3 rings (SSSR count). The Labute approximate surface area is 156 Å². The normalized spacial score (nSPS) is 28.1. The summed E-state index contributed by atoms with van der Waals surface area (Å²) in [6.07, 6.45) is 7.56. The molecule has 1 aromatic carbocycles. The van der Waals surface area contributed by atoms with Gasteiger partial charge < -0.3 is 18.7 Å². The number of quaternary nitrogens is 1. The van der Waals surface area contributed by atoms with Gasteiger partial charge in [0, 0.05) is 5.92 Å². The highest BCUT2D eigenvalue weighted by atomic mass is 16.5. The second kappa shape index (κ2) is 8.30. The molecule has 2 fully saturated rings. The van der Waals surface area contributed by atoms with Gasteiger partial charge in [0.2, 0.25) is 0 Å². The van der Waals surface area contributed by atoms with Gasteiger partial charge in [0.25, 0.3) is 0 Å². The van der Waals surface area contributed by atoms with Gasteiger partial charge >= 0.3 is 5.97 Å². The van der Waals surface area contributed by atoms with E-state index in [0.29, 0.717) is 29.6 Å². The van der Waals surface area contributed by atoms with Crippen molar-refractivity contribution in [3.05, 3.63) is 23.8 Å². The zero-order chi connectivity index (χ0) is 18.6. The fourth-order valence-corrected chi connectivity index (χ4v) is 4.92. The third-order valence-electron chi connectivity index (χ3n) is 6.35. The predicted octanol–water partition coefficient (Wildman–Crippen LogP) is 3.66. The van der Waals surface area contributed by atoms with Crippen molar-refractivity contribution in [2.24, 2.45) is 5.92 Å². The van der Waals surface area contributed by atoms with E-state index in [2.05, 4.69) is 7.05 Å². The van der Waals surface area contributed by atoms with E-state index in [0.717, 1.165) is 12.5 Å². The maximum atomic E-state index is 12.4. The van der Waals surface area contributed by atoms with Crippen molar-refractivity contribution < 1.29 is 23.5 Å². The summed E-state index contributed by atoms with van der Waals surface area (Å²) >= 11 is 0. The molecule has 2 aliphatic heterocycles. The number of rotatable bonds is 6. The second-order valence-corrected chi connectivity index (χ2v) is 7.89. The van der Waals surface area contributed by atoms with Crippen LogP contribution in [0.5, 0.6) is 11.5 Å². The van der Waals surface area contributed by atoms with Gasteiger partial charge in [-0.25, -0.2) is 4.79 Å². The molecule has 26 heavy (non-hydrogen) atoms. The summed E-state index contributed by atoms with van der Waals surface area (Å²) in [5.41, 5.74) is 0.504. The van der Waals surface area contributed by atoms with Crippen molar-refractivity contribution in [3.63, 3.8) is 0 Å². The van der Waals surface area contributed by atoms with E-state index in [4.69, 9.17) is 14.2 Å². The highest BCUT2D eigenvalue weighted by Crippen LogP contribution is 2.37. The minimum atomic E-state index is -0.289. The van der Waals surface area contributed by atoms with Crippen LogP contribution in [0.2, 0.25) is 0 Å². The van der Waals surface area contributed by atoms with Crippen molar-refractivity contribution in [1.29, 1.82) is 0 Å². The molecule has 0 bridgehead atoms. The number of hydrogen-bond acceptors (Lipinski definition) is 4. The van der Waals surface area contributed by atoms with Crippen LogP contribution in [0.15, 0.2) is 18.2 Å². The number of hydrogen-bond donors (Lipinski definition) is 0. The Bertz CT molecular complexity index is 628. The Balaban J connectivity index is 1.55. The van der Waals surface area contributed by atoms with Crippen molar-refractivity contribution in [2.75, 3.05) is 41.0 Å². The standard InChI is InChI=1S/C21H32NO4/c1-22-12-5-4-8-18(22)16(7-6-13-22)11-14-26-21(23)17-9-10-19(24-2)20(15-17)25-3/h9-10,15-16,18H,4-8,11-14H2,1-3H3/q+1/t16-,18+,22-/m0/s1. The van der Waals surface area contributed by atoms with Crippen LogP contribution in [0.3, 0.4) is 0 Å². The Morgan fingerprint density at radius 3 is 2.62 bits per heavy atom. The molecule has 0 spiro atoms. The molecule has 0 unspecified atom stereocenters. The zero-order valence-electron chi connectivity index (χ0n) is 16.3. The van der Waals surface area contributed by atoms with E-state index in [1.54, 1.807) is 32.4 Å². The van der Waals surface area contributed by atoms with Crippen LogP contribution in [-0.4, -0.2) is 57.5 Å². The monoisotopic (exact) mass is 362 g/mol. The third-order valence-corrected chi connectivity index (χ3v) is 6.35. The quantitative estimate of drug-likeness (QED) is 0.572. The van der Waals surface area contributed by atoms with E-state index in [1.165, 1.54) is 49.7 Å². The van der Waals surface area contributed by atoms with Gasteiger partial charge in [0.05, 0.1) is 52.6 Å². The lowest BCUT2D eigenvalue weighted by Gasteiger charge is -2.51. The van der Waals surface area contributed by atoms with Crippen molar-refractivity contribution in [2.45, 2.75) is 44.6 Å². The topological polar surface area (TPSA) is 44.8 Å². The first-order valence-electron chi connectivity index (χ1n) is 9.81. The number of ether oxygens (including phenoxy) is 3. The number of benzene rings is 1. The summed E-state index contributed by atoms with van der Waals surface area (Å²) in [6.45, 7) is 3.12. The number of esters is 1. The fourth-order valence-electron chi connectivity index (χ4n) is 4.92. The Morgan fingerprint density at radius 2 is 1.85 bits per heavy atom. The van der Waals surface area contributed by atoms with Gasteiger partial charge in [-0.15, -0.1) is 0 Å². The lowest BCUT2D eigenvalue weighted by Crippen LogP contribution is -2.60. The molecule has 0 aromatic heterocycles. The molecular formula is C21H32NO4+. The predicted molar refractivity (Wildman–Crippen MR) is 101 cm³/mol. The summed E-state index contributed by atoms with van der Waals surface area (Å²) in [5, 5.41) is 0. The van der Waals surface area contributed by atoms with Gasteiger partial charge in [-0.2, -0.15) is 0 Å². The van der Waals surface area contributed by atoms with E-state index in [1.807, 2.05) is 0 Å². The summed E-state index contributed by atoms with van der Waals surface area (Å²) < 4.78 is 17.3. The molecule has 0 aliphatic carbocycles. The number of carbonyl (C=O) groups excluding carboxylic acids is 1. The first-order chi connectivity index (χ1) is 12.6. The maximum absolute atomic E-state index is 12.4. The van der Waals surface area contributed by atoms with Gasteiger partial charge in [-0.05, 0) is 56.7 Å². The molecule has 5 nitrogen and oxygen atoms in total. The van der Waals surface area contributed by atoms with Gasteiger partial charge in [0.1, 0.15) is 0 Å². The van der Waals surface area contributed by atoms with E-state index >= 15 is 0 Å². The summed E-state index contributed by atoms with van der Waals surface area (Å²) in [4.78, 5) is 12.4. The van der Waals surface area contributed by atoms with Crippen molar-refractivity contribution >= 4 is 5.97 Å². The SMILES string of the molecule is COc1ccc(C(=O)OCC[C@@H]2CCC[N@+]3(C)CCCC[C@H]23)cc1OC. The third kappa shape index (κ3) is 3.98. The molecule has 1 aromatic rings. The van der Waals surface area contributed by atoms with E-state index in [9.17, 15) is 4.79 Å². The highest BCUT2D eigenvalue weighted by Gasteiger charge is 2.43. The molecule has 2 saturated heterocycles. The number of methoxy groups -OCH3 is 2. The molecule has 0 N–H and O–H groups in total. The van der Waals surface area contributed by atoms with Crippen molar-refractivity contribution in [1.82, 2.24) is 0 Å². The highest BCUT2D eigenvalue weighted by molar-refractivity contribution is 5.90. The lowest BCUT2D eigenvalue weighted by molar-refractivity contribution is -0.947. The van der Waals surface area contributed by atoms with Crippen LogP contribution in [0.1, 0.15) is 48.9 Å². The molecule has 144 valence electrons. The van der Waals surface area contributed by atoms with Crippen LogP contribution in [0.4, 0.5) is 0 Å². The smallest absolute Gasteiger partial charge is 0.338 e. The van der Waals surface area contributed by atoms with E-state index < -0.39 is 0 Å². The molecule has 3 atom stereocenters.